The highest BCUT2D eigenvalue weighted by Gasteiger charge is 2.53. The molecule has 7 aromatic rings. The lowest BCUT2D eigenvalue weighted by Gasteiger charge is -2.48. The van der Waals surface area contributed by atoms with Crippen molar-refractivity contribution in [3.8, 4) is 57.1 Å². The van der Waals surface area contributed by atoms with Gasteiger partial charge in [-0.3, -0.25) is 48.6 Å². The Morgan fingerprint density at radius 2 is 1.33 bits per heavy atom. The van der Waals surface area contributed by atoms with Crippen molar-refractivity contribution in [3.63, 3.8) is 0 Å². The number of primary amides is 1. The van der Waals surface area contributed by atoms with Gasteiger partial charge in [-0.1, -0.05) is 67.4 Å². The summed E-state index contributed by atoms with van der Waals surface area (Å²) in [6, 6.07) is 6.80. The number of amides is 9. The molecule has 16 unspecified atom stereocenters. The molecule has 37 nitrogen and oxygen atoms in total. The summed E-state index contributed by atoms with van der Waals surface area (Å²) in [6.07, 6.45) is -24.9. The van der Waals surface area contributed by atoms with Crippen LogP contribution in [0.5, 0.6) is 46.0 Å². The molecule has 18 atom stereocenters. The molecule has 14 rings (SSSR count). The third-order valence-corrected chi connectivity index (χ3v) is 22.2. The van der Waals surface area contributed by atoms with Crippen molar-refractivity contribution in [3.05, 3.63) is 182 Å². The SMILES string of the molecule is CNC(CC(C)C)C(=O)NC1C(=O)NC(CC(N)=O)C(=O)NC2C(=O)NC3C(=O)NC(C(=O)N[C@@H](C(=O)NNCCO)c4cc(O)cc(O)c4-c4cc3ccc4O)C(O)c3ccc(c(Cl)c3)Oc3cc2cc(c3OC2OC(CO)C(O)C(O)C2OC2C[C@@](C)(NCc3ccc(NC(=O)c4ccc(F)c(C(F)(F)F)c4)cc3)C(O)C(C)O2)Oc2ccc(cc2Cl)C1O. The zero-order chi connectivity index (χ0) is 91.4. The number of hydrazine groups is 1. The molecule has 23 N–H and O–H groups in total. The summed E-state index contributed by atoms with van der Waals surface area (Å²) < 4.78 is 94.0. The van der Waals surface area contributed by atoms with Gasteiger partial charge in [-0.2, -0.15) is 13.2 Å². The third-order valence-electron chi connectivity index (χ3n) is 21.6. The van der Waals surface area contributed by atoms with Gasteiger partial charge in [0.2, 0.25) is 53.4 Å². The first-order chi connectivity index (χ1) is 59.6. The minimum absolute atomic E-state index is 0.0467. The smallest absolute Gasteiger partial charge is 0.419 e. The van der Waals surface area contributed by atoms with Crippen LogP contribution in [0.3, 0.4) is 0 Å². The van der Waals surface area contributed by atoms with Gasteiger partial charge in [0.05, 0.1) is 53.5 Å². The number of anilines is 1. The predicted octanol–water partition coefficient (Wildman–Crippen LogP) is 2.88. The van der Waals surface area contributed by atoms with Gasteiger partial charge < -0.3 is 133 Å². The van der Waals surface area contributed by atoms with Gasteiger partial charge in [-0.15, -0.1) is 0 Å². The molecule has 7 heterocycles. The summed E-state index contributed by atoms with van der Waals surface area (Å²) >= 11 is 14.3. The number of aromatic hydroxyl groups is 3. The topological polar surface area (TPSA) is 570 Å². The van der Waals surface area contributed by atoms with Gasteiger partial charge in [0.1, 0.15) is 101 Å². The molecule has 43 heteroatoms. The van der Waals surface area contributed by atoms with Crippen molar-refractivity contribution < 1.29 is 140 Å². The normalized spacial score (nSPS) is 26.0. The van der Waals surface area contributed by atoms with E-state index in [0.29, 0.717) is 17.7 Å². The Hall–Kier alpha value is -11.7. The Kier molecular flexibility index (Phi) is 29.0. The second-order valence-corrected chi connectivity index (χ2v) is 31.9. The van der Waals surface area contributed by atoms with Gasteiger partial charge in [0.25, 0.3) is 11.8 Å². The van der Waals surface area contributed by atoms with Crippen LogP contribution in [0.1, 0.15) is 127 Å². The zero-order valence-corrected chi connectivity index (χ0v) is 68.8. The fraction of sp³-hybridized carbons (Fsp3) is 0.386. The Labute approximate surface area is 723 Å². The monoisotopic (exact) mass is 1800 g/mol. The summed E-state index contributed by atoms with van der Waals surface area (Å²) in [5.74, 6) is -18.4. The molecule has 0 aliphatic carbocycles. The average molecular weight is 1800 g/mol. The highest BCUT2D eigenvalue weighted by Crippen LogP contribution is 2.50. The molecule has 2 saturated heterocycles. The Balaban J connectivity index is 1.01. The van der Waals surface area contributed by atoms with E-state index in [-0.39, 0.29) is 54.2 Å². The molecule has 2 fully saturated rings. The molecule has 0 saturated carbocycles. The lowest BCUT2D eigenvalue weighted by Crippen LogP contribution is -2.65. The number of aliphatic hydroxyl groups is 7. The van der Waals surface area contributed by atoms with Crippen LogP contribution in [0.15, 0.2) is 121 Å². The molecule has 7 aromatic carbocycles. The van der Waals surface area contributed by atoms with Crippen molar-refractivity contribution >= 4 is 82.1 Å². The molecule has 7 aliphatic rings. The maximum absolute atomic E-state index is 16.3. The van der Waals surface area contributed by atoms with Crippen LogP contribution in [0.2, 0.25) is 10.0 Å². The number of likely N-dealkylation sites (N-methyl/N-ethyl adjacent to an activating group) is 1. The summed E-state index contributed by atoms with van der Waals surface area (Å²) in [4.78, 5) is 133. The van der Waals surface area contributed by atoms with E-state index in [2.05, 4.69) is 58.7 Å². The van der Waals surface area contributed by atoms with Crippen LogP contribution in [0.25, 0.3) is 11.1 Å². The number of fused-ring (bicyclic) bond motifs is 15. The first kappa shape index (κ1) is 93.5. The first-order valence-electron chi connectivity index (χ1n) is 39.3. The fourth-order valence-corrected chi connectivity index (χ4v) is 15.5. The predicted molar refractivity (Wildman–Crippen MR) is 433 cm³/mol. The average Bonchev–Trinajstić information content (AvgIpc) is 0.769. The van der Waals surface area contributed by atoms with Crippen molar-refractivity contribution in [2.45, 2.75) is 169 Å². The van der Waals surface area contributed by atoms with Crippen molar-refractivity contribution in [2.24, 2.45) is 11.7 Å². The zero-order valence-electron chi connectivity index (χ0n) is 67.3. The summed E-state index contributed by atoms with van der Waals surface area (Å²) in [5, 5.41) is 139. The van der Waals surface area contributed by atoms with E-state index in [9.17, 15) is 87.8 Å². The number of carbonyl (C=O) groups excluding carboxylic acids is 9. The number of alkyl halides is 3. The molecular formula is C83H90Cl2F4N12O25. The van der Waals surface area contributed by atoms with Gasteiger partial charge in [0, 0.05) is 53.5 Å². The number of rotatable bonds is 21. The Bertz CT molecular complexity index is 5320. The minimum Gasteiger partial charge on any atom is -0.508 e. The Morgan fingerprint density at radius 1 is 0.698 bits per heavy atom. The number of hydrogen-bond donors (Lipinski definition) is 22. The maximum Gasteiger partial charge on any atom is 0.419 e. The minimum atomic E-state index is -5.10. The van der Waals surface area contributed by atoms with Crippen LogP contribution in [-0.4, -0.2) is 210 Å². The highest BCUT2D eigenvalue weighted by atomic mass is 35.5. The van der Waals surface area contributed by atoms with E-state index >= 15 is 24.0 Å². The number of aliphatic hydroxyl groups excluding tert-OH is 7. The molecule has 9 amide bonds. The number of benzene rings is 7. The second-order valence-electron chi connectivity index (χ2n) is 31.1. The van der Waals surface area contributed by atoms with Gasteiger partial charge in [-0.25, -0.2) is 9.82 Å². The van der Waals surface area contributed by atoms with Crippen molar-refractivity contribution in [2.75, 3.05) is 32.1 Å². The van der Waals surface area contributed by atoms with Gasteiger partial charge in [-0.05, 0) is 152 Å². The highest BCUT2D eigenvalue weighted by molar-refractivity contribution is 6.32. The molecule has 0 aromatic heterocycles. The van der Waals surface area contributed by atoms with E-state index in [1.165, 1.54) is 44.3 Å². The van der Waals surface area contributed by atoms with Crippen molar-refractivity contribution in [1.82, 2.24) is 53.4 Å². The molecule has 674 valence electrons. The largest absolute Gasteiger partial charge is 0.508 e. The number of halogens is 6. The number of phenols is 3. The van der Waals surface area contributed by atoms with Crippen LogP contribution in [0, 0.1) is 11.7 Å². The third kappa shape index (κ3) is 20.9. The van der Waals surface area contributed by atoms with Gasteiger partial charge >= 0.3 is 6.18 Å². The van der Waals surface area contributed by atoms with Crippen LogP contribution < -0.4 is 78.6 Å². The number of phenolic OH excluding ortho intramolecular Hbond substituents is 3. The first-order valence-corrected chi connectivity index (χ1v) is 40.0. The van der Waals surface area contributed by atoms with E-state index in [4.69, 9.17) is 57.4 Å². The molecule has 0 spiro atoms. The standard InChI is InChI=1S/C83H90Cl2F4N12O25/c1-33(2)20-49(91-5)74(114)99-64-66(108)37-10-16-53(46(84)23-37)122-55-25-40-26-56(70(55)126-81-71(69(111)68(110)57(32-103)124-81)125-59-30-82(4,72(112)34(3)121-59)92-31-35-6-12-41(13-7-35)94-73(113)39-8-14-48(86)45(22-39)83(87,88)89)123-54-17-11-38(24-47(54)85)67(109)65-79(119)98-63(80(120)101-93-18-19-102)44-27-42(104)28-52(106)60(44)43-21-36(9-15-51(43)105)61(76(116)100-65)97-77(117)62(40)96-75(115)50(29-58(90)107)95-78(64)118/h6-17,21-28,33-34,49-50,57,59,61-69,71-72,81,91-93,102-106,108-112H,18-20,29-32H2,1-5H3,(H2,90,107)(H,94,113)(H,95,118)(H,96,115)(H,97,117)(H,98,119)(H,99,114)(H,100,116)(H,101,120)/t34?,49?,50?,57?,59?,61?,62?,63-,64?,65?,66?,67?,68?,69?,71?,72?,81?,82-/m1/s1. The lowest BCUT2D eigenvalue weighted by atomic mass is 9.84. The number of nitrogens with one attached hydrogen (secondary N) is 11. The number of nitrogens with two attached hydrogens (primary N) is 1. The molecule has 0 radical (unpaired) electrons. The number of hydrogen-bond acceptors (Lipinski definition) is 28. The molecule has 126 heavy (non-hydrogen) atoms. The van der Waals surface area contributed by atoms with Crippen molar-refractivity contribution in [1.29, 1.82) is 0 Å². The fourth-order valence-electron chi connectivity index (χ4n) is 15.0. The van der Waals surface area contributed by atoms with Crippen LogP contribution in [0.4, 0.5) is 23.2 Å². The quantitative estimate of drug-likeness (QED) is 0.0279. The number of ether oxygens (including phenoxy) is 6. The Morgan fingerprint density at radius 3 is 1.95 bits per heavy atom. The summed E-state index contributed by atoms with van der Waals surface area (Å²) in [5.41, 5.74) is 4.74. The van der Waals surface area contributed by atoms with E-state index < -0.39 is 283 Å². The lowest BCUT2D eigenvalue weighted by molar-refractivity contribution is -0.334. The van der Waals surface area contributed by atoms with Crippen LogP contribution in [-0.2, 0) is 65.3 Å². The number of carbonyl (C=O) groups is 9. The van der Waals surface area contributed by atoms with E-state index in [1.807, 2.05) is 0 Å². The van der Waals surface area contributed by atoms with E-state index in [0.717, 1.165) is 78.9 Å². The van der Waals surface area contributed by atoms with Gasteiger partial charge in [0.15, 0.2) is 23.9 Å². The maximum atomic E-state index is 16.3. The molecule has 11 bridgehead atoms. The molecular weight excluding hydrogens is 1710 g/mol. The summed E-state index contributed by atoms with van der Waals surface area (Å²) in [6.45, 7) is 4.73. The van der Waals surface area contributed by atoms with Crippen LogP contribution >= 0.6 is 23.2 Å². The summed E-state index contributed by atoms with van der Waals surface area (Å²) in [7, 11) is 1.45. The second kappa shape index (κ2) is 39.1. The van der Waals surface area contributed by atoms with E-state index in [1.54, 1.807) is 20.8 Å². The molecule has 7 aliphatic heterocycles.